The van der Waals surface area contributed by atoms with Gasteiger partial charge in [0.25, 0.3) is 12.8 Å². The van der Waals surface area contributed by atoms with Gasteiger partial charge in [-0.3, -0.25) is 0 Å². The molecule has 0 aliphatic rings. The topological polar surface area (TPSA) is 38.7 Å². The van der Waals surface area contributed by atoms with Gasteiger partial charge < -0.3 is 14.6 Å². The third kappa shape index (κ3) is 6.08. The molecular formula is C5H9F3O3. The zero-order chi connectivity index (χ0) is 8.69. The van der Waals surface area contributed by atoms with E-state index in [1.54, 1.807) is 0 Å². The Labute approximate surface area is 61.7 Å². The van der Waals surface area contributed by atoms with E-state index >= 15 is 0 Å². The number of rotatable bonds is 6. The van der Waals surface area contributed by atoms with E-state index in [2.05, 4.69) is 9.47 Å². The maximum atomic E-state index is 11.8. The second kappa shape index (κ2) is 6.38. The Morgan fingerprint density at radius 3 is 2.36 bits per heavy atom. The van der Waals surface area contributed by atoms with E-state index < -0.39 is 19.6 Å². The standard InChI is InChI=1S/C5H9F3O3/c6-4(7)5(8)11-3-10-2-1-9/h4-5,9H,1-3H2. The number of aliphatic hydroxyl groups excluding tert-OH is 1. The predicted octanol–water partition coefficient (Wildman–Crippen LogP) is 0.530. The summed E-state index contributed by atoms with van der Waals surface area (Å²) in [7, 11) is 0. The molecule has 6 heteroatoms. The van der Waals surface area contributed by atoms with E-state index in [1.165, 1.54) is 0 Å². The molecule has 1 unspecified atom stereocenters. The van der Waals surface area contributed by atoms with Crippen LogP contribution in [-0.4, -0.2) is 37.9 Å². The number of halogens is 3. The third-order valence-electron chi connectivity index (χ3n) is 0.744. The van der Waals surface area contributed by atoms with Crippen LogP contribution in [0.25, 0.3) is 0 Å². The maximum absolute atomic E-state index is 11.8. The second-order valence-corrected chi connectivity index (χ2v) is 1.60. The highest BCUT2D eigenvalue weighted by atomic mass is 19.3. The summed E-state index contributed by atoms with van der Waals surface area (Å²) < 4.78 is 42.7. The lowest BCUT2D eigenvalue weighted by Gasteiger charge is -2.07. The summed E-state index contributed by atoms with van der Waals surface area (Å²) in [4.78, 5) is 0. The summed E-state index contributed by atoms with van der Waals surface area (Å²) in [5.41, 5.74) is 0. The average Bonchev–Trinajstić information content (AvgIpc) is 1.97. The zero-order valence-corrected chi connectivity index (χ0v) is 5.67. The summed E-state index contributed by atoms with van der Waals surface area (Å²) in [6, 6.07) is 0. The van der Waals surface area contributed by atoms with E-state index in [4.69, 9.17) is 5.11 Å². The first-order chi connectivity index (χ1) is 5.18. The van der Waals surface area contributed by atoms with Crippen LogP contribution in [0.4, 0.5) is 13.2 Å². The average molecular weight is 174 g/mol. The summed E-state index contributed by atoms with van der Waals surface area (Å²) >= 11 is 0. The van der Waals surface area contributed by atoms with Crippen molar-refractivity contribution in [3.8, 4) is 0 Å². The highest BCUT2D eigenvalue weighted by molar-refractivity contribution is 4.40. The highest BCUT2D eigenvalue weighted by Gasteiger charge is 2.18. The van der Waals surface area contributed by atoms with Crippen LogP contribution >= 0.6 is 0 Å². The predicted molar refractivity (Wildman–Crippen MR) is 29.9 cm³/mol. The fourth-order valence-corrected chi connectivity index (χ4v) is 0.309. The highest BCUT2D eigenvalue weighted by Crippen LogP contribution is 2.05. The molecule has 0 rings (SSSR count). The summed E-state index contributed by atoms with van der Waals surface area (Å²) in [5.74, 6) is 0. The number of aliphatic hydroxyl groups is 1. The lowest BCUT2D eigenvalue weighted by molar-refractivity contribution is -0.185. The largest absolute Gasteiger partial charge is 0.394 e. The molecule has 0 spiro atoms. The van der Waals surface area contributed by atoms with Crippen LogP contribution < -0.4 is 0 Å². The lowest BCUT2D eigenvalue weighted by Crippen LogP contribution is -2.18. The number of ether oxygens (including phenoxy) is 2. The Morgan fingerprint density at radius 2 is 1.91 bits per heavy atom. The molecular weight excluding hydrogens is 165 g/mol. The molecule has 0 saturated carbocycles. The molecule has 0 fully saturated rings. The number of alkyl halides is 3. The molecule has 0 aliphatic carbocycles. The first-order valence-corrected chi connectivity index (χ1v) is 2.91. The Bertz CT molecular complexity index is 91.0. The Hall–Kier alpha value is -0.330. The van der Waals surface area contributed by atoms with E-state index in [-0.39, 0.29) is 13.2 Å². The maximum Gasteiger partial charge on any atom is 0.293 e. The molecule has 0 aromatic rings. The van der Waals surface area contributed by atoms with E-state index in [1.807, 2.05) is 0 Å². The van der Waals surface area contributed by atoms with Gasteiger partial charge >= 0.3 is 0 Å². The molecule has 0 bridgehead atoms. The van der Waals surface area contributed by atoms with Gasteiger partial charge in [0.1, 0.15) is 0 Å². The van der Waals surface area contributed by atoms with Crippen molar-refractivity contribution < 1.29 is 27.8 Å². The Kier molecular flexibility index (Phi) is 6.19. The molecule has 68 valence electrons. The number of hydrogen-bond donors (Lipinski definition) is 1. The molecule has 3 nitrogen and oxygen atoms in total. The first-order valence-electron chi connectivity index (χ1n) is 2.91. The van der Waals surface area contributed by atoms with E-state index in [9.17, 15) is 13.2 Å². The molecule has 1 atom stereocenters. The van der Waals surface area contributed by atoms with Gasteiger partial charge in [0, 0.05) is 0 Å². The van der Waals surface area contributed by atoms with Crippen LogP contribution in [0.15, 0.2) is 0 Å². The molecule has 0 radical (unpaired) electrons. The van der Waals surface area contributed by atoms with Gasteiger partial charge in [0.2, 0.25) is 0 Å². The fourth-order valence-electron chi connectivity index (χ4n) is 0.309. The lowest BCUT2D eigenvalue weighted by atomic mass is 10.7. The van der Waals surface area contributed by atoms with Gasteiger partial charge in [-0.2, -0.15) is 0 Å². The Balaban J connectivity index is 3.10. The minimum absolute atomic E-state index is 0.0596. The van der Waals surface area contributed by atoms with Crippen molar-refractivity contribution >= 4 is 0 Å². The Morgan fingerprint density at radius 1 is 1.27 bits per heavy atom. The quantitative estimate of drug-likeness (QED) is 0.471. The van der Waals surface area contributed by atoms with Crippen molar-refractivity contribution in [2.45, 2.75) is 12.8 Å². The summed E-state index contributed by atoms with van der Waals surface area (Å²) in [5, 5.41) is 8.12. The van der Waals surface area contributed by atoms with Crippen LogP contribution in [0.5, 0.6) is 0 Å². The molecule has 0 heterocycles. The minimum Gasteiger partial charge on any atom is -0.394 e. The molecule has 0 aromatic heterocycles. The van der Waals surface area contributed by atoms with Crippen molar-refractivity contribution in [1.29, 1.82) is 0 Å². The van der Waals surface area contributed by atoms with E-state index in [0.29, 0.717) is 0 Å². The molecule has 0 aliphatic heterocycles. The monoisotopic (exact) mass is 174 g/mol. The fraction of sp³-hybridized carbons (Fsp3) is 1.00. The molecule has 11 heavy (non-hydrogen) atoms. The normalized spacial score (nSPS) is 13.9. The molecule has 0 saturated heterocycles. The van der Waals surface area contributed by atoms with Gasteiger partial charge in [-0.15, -0.1) is 0 Å². The van der Waals surface area contributed by atoms with Gasteiger partial charge in [-0.1, -0.05) is 0 Å². The van der Waals surface area contributed by atoms with Gasteiger partial charge in [0.05, 0.1) is 13.2 Å². The second-order valence-electron chi connectivity index (χ2n) is 1.60. The van der Waals surface area contributed by atoms with Gasteiger partial charge in [-0.25, -0.2) is 13.2 Å². The summed E-state index contributed by atoms with van der Waals surface area (Å²) in [6.45, 7) is -0.892. The summed E-state index contributed by atoms with van der Waals surface area (Å²) in [6.07, 6.45) is -5.78. The van der Waals surface area contributed by atoms with Crippen molar-refractivity contribution in [2.75, 3.05) is 20.0 Å². The van der Waals surface area contributed by atoms with Gasteiger partial charge in [0.15, 0.2) is 6.79 Å². The van der Waals surface area contributed by atoms with Crippen molar-refractivity contribution in [3.63, 3.8) is 0 Å². The molecule has 1 N–H and O–H groups in total. The molecule has 0 amide bonds. The first kappa shape index (κ1) is 10.7. The zero-order valence-electron chi connectivity index (χ0n) is 5.67. The third-order valence-corrected chi connectivity index (χ3v) is 0.744. The van der Waals surface area contributed by atoms with Crippen LogP contribution in [-0.2, 0) is 9.47 Å². The smallest absolute Gasteiger partial charge is 0.293 e. The molecule has 0 aromatic carbocycles. The van der Waals surface area contributed by atoms with E-state index in [0.717, 1.165) is 0 Å². The van der Waals surface area contributed by atoms with Crippen LogP contribution in [0.3, 0.4) is 0 Å². The number of hydrogen-bond acceptors (Lipinski definition) is 3. The van der Waals surface area contributed by atoms with Gasteiger partial charge in [-0.05, 0) is 0 Å². The van der Waals surface area contributed by atoms with Crippen molar-refractivity contribution in [1.82, 2.24) is 0 Å². The van der Waals surface area contributed by atoms with Crippen LogP contribution in [0.2, 0.25) is 0 Å². The SMILES string of the molecule is OCCOCOC(F)C(F)F. The minimum atomic E-state index is -3.16. The van der Waals surface area contributed by atoms with Crippen molar-refractivity contribution in [3.05, 3.63) is 0 Å². The van der Waals surface area contributed by atoms with Crippen LogP contribution in [0, 0.1) is 0 Å². The van der Waals surface area contributed by atoms with Crippen LogP contribution in [0.1, 0.15) is 0 Å². The van der Waals surface area contributed by atoms with Crippen molar-refractivity contribution in [2.24, 2.45) is 0 Å².